The summed E-state index contributed by atoms with van der Waals surface area (Å²) in [5.74, 6) is 0.854. The number of hydrogen-bond acceptors (Lipinski definition) is 6. The van der Waals surface area contributed by atoms with Gasteiger partial charge in [-0.3, -0.25) is 14.6 Å². The zero-order valence-electron chi connectivity index (χ0n) is 14.5. The van der Waals surface area contributed by atoms with Crippen LogP contribution in [-0.4, -0.2) is 26.5 Å². The van der Waals surface area contributed by atoms with Gasteiger partial charge in [0.15, 0.2) is 5.16 Å². The Morgan fingerprint density at radius 1 is 1.31 bits per heavy atom. The summed E-state index contributed by atoms with van der Waals surface area (Å²) in [5.41, 5.74) is 2.05. The standard InChI is InChI=1S/C19H20N4O2S/c1-2-9-26-19-22-17-16(18(25)23-19)14(11-5-4-8-20-10-11)15-12(21-17)6-3-7-13(15)24/h4-6,8,10,14-15H,2-3,7,9H2,1H3,(H2,21,22,23,25)/t14-,15-/m1/s1. The van der Waals surface area contributed by atoms with Crippen LogP contribution in [0.1, 0.15) is 43.2 Å². The number of aromatic nitrogens is 3. The van der Waals surface area contributed by atoms with E-state index in [4.69, 9.17) is 0 Å². The maximum Gasteiger partial charge on any atom is 0.257 e. The van der Waals surface area contributed by atoms with Gasteiger partial charge in [-0.1, -0.05) is 30.8 Å². The molecule has 6 nitrogen and oxygen atoms in total. The number of aromatic amines is 1. The van der Waals surface area contributed by atoms with Crippen molar-refractivity contribution in [3.05, 3.63) is 57.8 Å². The molecule has 1 aliphatic heterocycles. The number of carbonyl (C=O) groups is 1. The van der Waals surface area contributed by atoms with E-state index in [9.17, 15) is 9.59 Å². The molecule has 2 aromatic rings. The molecule has 7 heteroatoms. The molecular formula is C19H20N4O2S. The van der Waals surface area contributed by atoms with E-state index in [-0.39, 0.29) is 23.2 Å². The van der Waals surface area contributed by atoms with E-state index in [1.165, 1.54) is 11.8 Å². The van der Waals surface area contributed by atoms with Crippen LogP contribution in [0.2, 0.25) is 0 Å². The number of nitrogens with zero attached hydrogens (tertiary/aromatic N) is 2. The van der Waals surface area contributed by atoms with Crippen molar-refractivity contribution in [2.45, 2.75) is 37.3 Å². The molecule has 0 saturated heterocycles. The molecule has 4 rings (SSSR count). The van der Waals surface area contributed by atoms with Crippen molar-refractivity contribution in [1.29, 1.82) is 0 Å². The summed E-state index contributed by atoms with van der Waals surface area (Å²) in [6.45, 7) is 2.09. The molecule has 2 atom stereocenters. The molecule has 2 aromatic heterocycles. The monoisotopic (exact) mass is 368 g/mol. The fourth-order valence-corrected chi connectivity index (χ4v) is 4.37. The molecule has 0 unspecified atom stereocenters. The maximum atomic E-state index is 12.9. The van der Waals surface area contributed by atoms with Crippen LogP contribution < -0.4 is 10.9 Å². The van der Waals surface area contributed by atoms with E-state index in [0.717, 1.165) is 23.4 Å². The maximum absolute atomic E-state index is 12.9. The summed E-state index contributed by atoms with van der Waals surface area (Å²) >= 11 is 1.53. The molecule has 0 radical (unpaired) electrons. The van der Waals surface area contributed by atoms with E-state index >= 15 is 0 Å². The van der Waals surface area contributed by atoms with Crippen LogP contribution >= 0.6 is 11.8 Å². The first kappa shape index (κ1) is 17.0. The van der Waals surface area contributed by atoms with Crippen molar-refractivity contribution in [3.63, 3.8) is 0 Å². The zero-order valence-corrected chi connectivity index (χ0v) is 15.3. The zero-order chi connectivity index (χ0) is 18.1. The summed E-state index contributed by atoms with van der Waals surface area (Å²) in [7, 11) is 0. The van der Waals surface area contributed by atoms with Gasteiger partial charge < -0.3 is 10.3 Å². The Kier molecular flexibility index (Phi) is 4.63. The fourth-order valence-electron chi connectivity index (χ4n) is 3.66. The van der Waals surface area contributed by atoms with Crippen LogP contribution in [0.3, 0.4) is 0 Å². The smallest absolute Gasteiger partial charge is 0.257 e. The number of H-pyrrole nitrogens is 1. The SMILES string of the molecule is CCCSc1nc2c(c(=O)[nH]1)[C@H](c1cccnc1)[C@H]1C(=O)CCC=C1N2. The minimum absolute atomic E-state index is 0.151. The molecule has 0 saturated carbocycles. The molecule has 0 aromatic carbocycles. The summed E-state index contributed by atoms with van der Waals surface area (Å²) in [4.78, 5) is 37.3. The molecule has 0 bridgehead atoms. The molecule has 2 aliphatic rings. The highest BCUT2D eigenvalue weighted by Crippen LogP contribution is 2.44. The number of Topliss-reactive ketones (excluding diaryl/α,β-unsaturated/α-hetero) is 1. The average Bonchev–Trinajstić information content (AvgIpc) is 2.65. The lowest BCUT2D eigenvalue weighted by Gasteiger charge is -2.36. The number of fused-ring (bicyclic) bond motifs is 2. The number of pyridine rings is 1. The molecular weight excluding hydrogens is 348 g/mol. The van der Waals surface area contributed by atoms with Gasteiger partial charge in [0.2, 0.25) is 0 Å². The second kappa shape index (κ2) is 7.07. The predicted molar refractivity (Wildman–Crippen MR) is 101 cm³/mol. The number of nitrogens with one attached hydrogen (secondary N) is 2. The Bertz CT molecular complexity index is 923. The van der Waals surface area contributed by atoms with Gasteiger partial charge in [0.05, 0.1) is 11.5 Å². The molecule has 3 heterocycles. The first-order valence-electron chi connectivity index (χ1n) is 8.85. The highest BCUT2D eigenvalue weighted by atomic mass is 32.2. The van der Waals surface area contributed by atoms with Crippen molar-refractivity contribution in [3.8, 4) is 0 Å². The van der Waals surface area contributed by atoms with Gasteiger partial charge in [0.25, 0.3) is 5.56 Å². The third-order valence-corrected chi connectivity index (χ3v) is 5.84. The minimum atomic E-state index is -0.377. The lowest BCUT2D eigenvalue weighted by Crippen LogP contribution is -2.38. The molecule has 0 spiro atoms. The van der Waals surface area contributed by atoms with Gasteiger partial charge in [-0.05, 0) is 24.5 Å². The van der Waals surface area contributed by atoms with Gasteiger partial charge in [0, 0.05) is 36.2 Å². The van der Waals surface area contributed by atoms with E-state index in [1.807, 2.05) is 12.1 Å². The van der Waals surface area contributed by atoms with E-state index in [2.05, 4.69) is 33.3 Å². The second-order valence-electron chi connectivity index (χ2n) is 6.51. The largest absolute Gasteiger partial charge is 0.343 e. The van der Waals surface area contributed by atoms with Crippen LogP contribution in [-0.2, 0) is 4.79 Å². The molecule has 26 heavy (non-hydrogen) atoms. The van der Waals surface area contributed by atoms with E-state index in [1.54, 1.807) is 12.4 Å². The van der Waals surface area contributed by atoms with Crippen LogP contribution in [0.4, 0.5) is 5.82 Å². The normalized spacial score (nSPS) is 21.4. The van der Waals surface area contributed by atoms with Crippen molar-refractivity contribution in [1.82, 2.24) is 15.0 Å². The van der Waals surface area contributed by atoms with Gasteiger partial charge in [-0.15, -0.1) is 0 Å². The van der Waals surface area contributed by atoms with Gasteiger partial charge in [0.1, 0.15) is 11.6 Å². The predicted octanol–water partition coefficient (Wildman–Crippen LogP) is 3.09. The average molecular weight is 368 g/mol. The van der Waals surface area contributed by atoms with Crippen molar-refractivity contribution >= 4 is 23.4 Å². The lowest BCUT2D eigenvalue weighted by molar-refractivity contribution is -0.122. The van der Waals surface area contributed by atoms with Gasteiger partial charge in [-0.2, -0.15) is 0 Å². The van der Waals surface area contributed by atoms with E-state index in [0.29, 0.717) is 29.4 Å². The van der Waals surface area contributed by atoms with Crippen LogP contribution in [0.15, 0.2) is 46.3 Å². The highest BCUT2D eigenvalue weighted by Gasteiger charge is 2.42. The third kappa shape index (κ3) is 2.96. The summed E-state index contributed by atoms with van der Waals surface area (Å²) in [5, 5.41) is 3.87. The highest BCUT2D eigenvalue weighted by molar-refractivity contribution is 7.99. The number of hydrogen-bond donors (Lipinski definition) is 2. The Morgan fingerprint density at radius 3 is 2.96 bits per heavy atom. The molecule has 0 amide bonds. The minimum Gasteiger partial charge on any atom is -0.343 e. The number of carbonyl (C=O) groups excluding carboxylic acids is 1. The Balaban J connectivity index is 1.89. The van der Waals surface area contributed by atoms with Crippen molar-refractivity contribution < 1.29 is 4.79 Å². The quantitative estimate of drug-likeness (QED) is 0.637. The number of thioether (sulfide) groups is 1. The molecule has 2 N–H and O–H groups in total. The molecule has 134 valence electrons. The summed E-state index contributed by atoms with van der Waals surface area (Å²) < 4.78 is 0. The fraction of sp³-hybridized carbons (Fsp3) is 0.368. The lowest BCUT2D eigenvalue weighted by atomic mass is 9.72. The van der Waals surface area contributed by atoms with Crippen LogP contribution in [0.5, 0.6) is 0 Å². The Labute approximate surface area is 155 Å². The Hall–Kier alpha value is -2.41. The van der Waals surface area contributed by atoms with E-state index < -0.39 is 0 Å². The van der Waals surface area contributed by atoms with Crippen molar-refractivity contribution in [2.75, 3.05) is 11.1 Å². The molecule has 1 aliphatic carbocycles. The number of anilines is 1. The second-order valence-corrected chi connectivity index (χ2v) is 7.60. The van der Waals surface area contributed by atoms with Gasteiger partial charge >= 0.3 is 0 Å². The van der Waals surface area contributed by atoms with Gasteiger partial charge in [-0.25, -0.2) is 4.98 Å². The summed E-state index contributed by atoms with van der Waals surface area (Å²) in [6.07, 6.45) is 7.69. The van der Waals surface area contributed by atoms with Crippen molar-refractivity contribution in [2.24, 2.45) is 5.92 Å². The number of rotatable bonds is 4. The first-order valence-corrected chi connectivity index (χ1v) is 9.84. The summed E-state index contributed by atoms with van der Waals surface area (Å²) in [6, 6.07) is 3.76. The van der Waals surface area contributed by atoms with Crippen LogP contribution in [0.25, 0.3) is 0 Å². The third-order valence-electron chi connectivity index (χ3n) is 4.76. The number of allylic oxidation sites excluding steroid dienone is 2. The number of ketones is 1. The Morgan fingerprint density at radius 2 is 2.19 bits per heavy atom. The topological polar surface area (TPSA) is 87.7 Å². The first-order chi connectivity index (χ1) is 12.7. The molecule has 0 fully saturated rings. The van der Waals surface area contributed by atoms with Crippen LogP contribution in [0, 0.1) is 5.92 Å².